The molecule has 1 aliphatic rings. The Balaban J connectivity index is 1.76. The Morgan fingerprint density at radius 2 is 2.00 bits per heavy atom. The molecule has 156 valence electrons. The predicted octanol–water partition coefficient (Wildman–Crippen LogP) is 2.37. The maximum atomic E-state index is 12.1. The number of hydrogen-bond acceptors (Lipinski definition) is 5. The number of nitrogens with zero attached hydrogens (tertiary/aromatic N) is 3. The van der Waals surface area contributed by atoms with E-state index in [-0.39, 0.29) is 10.5 Å². The summed E-state index contributed by atoms with van der Waals surface area (Å²) in [6.45, 7) is 11.1. The number of nitrogens with two attached hydrogens (primary N) is 1. The molecule has 1 fully saturated rings. The molecule has 6 heteroatoms. The van der Waals surface area contributed by atoms with Crippen LogP contribution in [0, 0.1) is 0 Å². The van der Waals surface area contributed by atoms with Gasteiger partial charge in [-0.2, -0.15) is 0 Å². The number of carbonyl (C=O) groups is 1. The van der Waals surface area contributed by atoms with Gasteiger partial charge in [0, 0.05) is 25.2 Å². The van der Waals surface area contributed by atoms with E-state index in [0.29, 0.717) is 32.7 Å². The molecule has 1 amide bonds. The molecule has 6 nitrogen and oxygen atoms in total. The van der Waals surface area contributed by atoms with Crippen molar-refractivity contribution in [2.75, 3.05) is 19.6 Å². The number of carboxylic acid groups (broad SMARTS) is 1. The van der Waals surface area contributed by atoms with Gasteiger partial charge in [0.05, 0.1) is 30.0 Å². The van der Waals surface area contributed by atoms with Gasteiger partial charge >= 0.3 is 0 Å². The van der Waals surface area contributed by atoms with Gasteiger partial charge in [-0.1, -0.05) is 24.3 Å². The average molecular weight is 397 g/mol. The Morgan fingerprint density at radius 1 is 1.28 bits per heavy atom. The van der Waals surface area contributed by atoms with Crippen molar-refractivity contribution in [2.24, 2.45) is 5.73 Å². The molecule has 29 heavy (non-hydrogen) atoms. The lowest BCUT2D eigenvalue weighted by atomic mass is 9.95. The topological polar surface area (TPSA) is 82.3 Å². The highest BCUT2D eigenvalue weighted by atomic mass is 16.4. The summed E-state index contributed by atoms with van der Waals surface area (Å²) in [4.78, 5) is 19.2. The average Bonchev–Trinajstić information content (AvgIpc) is 2.67. The lowest BCUT2D eigenvalue weighted by Crippen LogP contribution is -2.76. The third-order valence-electron chi connectivity index (χ3n) is 6.22. The van der Waals surface area contributed by atoms with Crippen LogP contribution in [0.2, 0.25) is 0 Å². The molecule has 2 N–H and O–H groups in total. The van der Waals surface area contributed by atoms with Crippen molar-refractivity contribution < 1.29 is 14.4 Å². The fourth-order valence-corrected chi connectivity index (χ4v) is 4.62. The van der Waals surface area contributed by atoms with Gasteiger partial charge in [0.15, 0.2) is 0 Å². The van der Waals surface area contributed by atoms with Crippen LogP contribution in [0.5, 0.6) is 0 Å². The molecule has 3 rings (SSSR count). The number of piperazine rings is 1. The molecular formula is C23H32N4O2. The fraction of sp³-hybridized carbons (Fsp3) is 0.478. The highest BCUT2D eigenvalue weighted by Crippen LogP contribution is 2.32. The normalized spacial score (nSPS) is 23.1. The number of aromatic nitrogens is 1. The van der Waals surface area contributed by atoms with Crippen LogP contribution in [0.4, 0.5) is 4.79 Å². The first kappa shape index (κ1) is 21.4. The standard InChI is InChI=1S/C23H32N4O2/c1-17-15-26(11-12-27(17,22(28)29)23(2,3)4)16-20-9-6-10-21(25-20)19-8-5-7-18(13-19)14-24/h5-10,13,17H,11-12,14-16,24H2,1-4H3/t17-,27?/m0/s1. The molecule has 0 bridgehead atoms. The van der Waals surface area contributed by atoms with Crippen LogP contribution in [0.3, 0.4) is 0 Å². The SMILES string of the molecule is C[C@H]1CN(Cc2cccc(-c3cccc(CN)c3)n2)CC[N+]1(C(=O)[O-])C(C)(C)C. The Morgan fingerprint density at radius 3 is 2.62 bits per heavy atom. The maximum Gasteiger partial charge on any atom is 0.258 e. The number of carbonyl (C=O) groups excluding carboxylic acids is 1. The molecule has 2 heterocycles. The molecule has 1 aromatic carbocycles. The predicted molar refractivity (Wildman–Crippen MR) is 113 cm³/mol. The summed E-state index contributed by atoms with van der Waals surface area (Å²) in [5.41, 5.74) is 9.41. The van der Waals surface area contributed by atoms with E-state index in [1.165, 1.54) is 0 Å². The second-order valence-electron chi connectivity index (χ2n) is 9.03. The first-order valence-electron chi connectivity index (χ1n) is 10.2. The summed E-state index contributed by atoms with van der Waals surface area (Å²) in [6.07, 6.45) is -0.982. The van der Waals surface area contributed by atoms with Crippen LogP contribution < -0.4 is 10.8 Å². The Kier molecular flexibility index (Phi) is 6.08. The summed E-state index contributed by atoms with van der Waals surface area (Å²) in [7, 11) is 0. The van der Waals surface area contributed by atoms with Gasteiger partial charge < -0.3 is 15.6 Å². The molecule has 0 aliphatic carbocycles. The minimum absolute atomic E-state index is 0.0111. The Bertz CT molecular complexity index is 877. The molecular weight excluding hydrogens is 364 g/mol. The van der Waals surface area contributed by atoms with Crippen LogP contribution in [0.25, 0.3) is 11.3 Å². The Hall–Kier alpha value is -2.28. The summed E-state index contributed by atoms with van der Waals surface area (Å²) in [6, 6.07) is 14.1. The van der Waals surface area contributed by atoms with Crippen LogP contribution in [-0.2, 0) is 13.1 Å². The maximum absolute atomic E-state index is 12.1. The van der Waals surface area contributed by atoms with Gasteiger partial charge in [-0.3, -0.25) is 14.4 Å². The van der Waals surface area contributed by atoms with E-state index < -0.39 is 11.6 Å². The zero-order valence-corrected chi connectivity index (χ0v) is 17.9. The van der Waals surface area contributed by atoms with Crippen LogP contribution in [0.1, 0.15) is 39.0 Å². The largest absolute Gasteiger partial charge is 0.498 e. The minimum Gasteiger partial charge on any atom is -0.498 e. The summed E-state index contributed by atoms with van der Waals surface area (Å²) >= 11 is 0. The quantitative estimate of drug-likeness (QED) is 0.803. The molecule has 2 atom stereocenters. The first-order valence-corrected chi connectivity index (χ1v) is 10.2. The van der Waals surface area contributed by atoms with Gasteiger partial charge in [0.2, 0.25) is 0 Å². The summed E-state index contributed by atoms with van der Waals surface area (Å²) in [5.74, 6) is 0. The zero-order valence-electron chi connectivity index (χ0n) is 17.9. The minimum atomic E-state index is -0.982. The Labute approximate surface area is 173 Å². The van der Waals surface area contributed by atoms with E-state index in [0.717, 1.165) is 22.5 Å². The van der Waals surface area contributed by atoms with Gasteiger partial charge in [0.1, 0.15) is 6.04 Å². The van der Waals surface area contributed by atoms with Crippen molar-refractivity contribution in [3.63, 3.8) is 0 Å². The van der Waals surface area contributed by atoms with E-state index >= 15 is 0 Å². The molecule has 1 aliphatic heterocycles. The van der Waals surface area contributed by atoms with E-state index in [2.05, 4.69) is 11.0 Å². The zero-order chi connectivity index (χ0) is 21.2. The van der Waals surface area contributed by atoms with Crippen molar-refractivity contribution in [1.29, 1.82) is 0 Å². The van der Waals surface area contributed by atoms with Crippen molar-refractivity contribution in [2.45, 2.75) is 52.4 Å². The van der Waals surface area contributed by atoms with Crippen molar-refractivity contribution in [3.8, 4) is 11.3 Å². The molecule has 1 unspecified atom stereocenters. The summed E-state index contributed by atoms with van der Waals surface area (Å²) < 4.78 is -0.0111. The molecule has 2 aromatic rings. The van der Waals surface area contributed by atoms with Gasteiger partial charge in [-0.05, 0) is 51.5 Å². The molecule has 0 spiro atoms. The van der Waals surface area contributed by atoms with E-state index in [1.807, 2.05) is 64.1 Å². The monoisotopic (exact) mass is 396 g/mol. The third-order valence-corrected chi connectivity index (χ3v) is 6.22. The van der Waals surface area contributed by atoms with Gasteiger partial charge in [0.25, 0.3) is 6.09 Å². The highest BCUT2D eigenvalue weighted by molar-refractivity contribution is 5.60. The van der Waals surface area contributed by atoms with E-state index in [1.54, 1.807) is 0 Å². The summed E-state index contributed by atoms with van der Waals surface area (Å²) in [5, 5.41) is 12.1. The smallest absolute Gasteiger partial charge is 0.258 e. The van der Waals surface area contributed by atoms with E-state index in [9.17, 15) is 9.90 Å². The van der Waals surface area contributed by atoms with Crippen LogP contribution in [0.15, 0.2) is 42.5 Å². The second-order valence-corrected chi connectivity index (χ2v) is 9.03. The van der Waals surface area contributed by atoms with Crippen molar-refractivity contribution >= 4 is 6.09 Å². The fourth-order valence-electron chi connectivity index (χ4n) is 4.62. The van der Waals surface area contributed by atoms with Crippen LogP contribution >= 0.6 is 0 Å². The van der Waals surface area contributed by atoms with Gasteiger partial charge in [-0.15, -0.1) is 0 Å². The lowest BCUT2D eigenvalue weighted by molar-refractivity contribution is -0.943. The number of amides is 1. The molecule has 0 radical (unpaired) electrons. The van der Waals surface area contributed by atoms with Crippen LogP contribution in [-0.4, -0.2) is 51.7 Å². The molecule has 1 aromatic heterocycles. The van der Waals surface area contributed by atoms with Crippen molar-refractivity contribution in [1.82, 2.24) is 9.88 Å². The first-order chi connectivity index (χ1) is 13.7. The lowest BCUT2D eigenvalue weighted by Gasteiger charge is -2.55. The van der Waals surface area contributed by atoms with E-state index in [4.69, 9.17) is 10.7 Å². The molecule has 0 saturated carbocycles. The number of quaternary nitrogens is 1. The number of benzene rings is 1. The number of hydrogen-bond donors (Lipinski definition) is 1. The van der Waals surface area contributed by atoms with Crippen molar-refractivity contribution in [3.05, 3.63) is 53.7 Å². The van der Waals surface area contributed by atoms with Gasteiger partial charge in [-0.25, -0.2) is 0 Å². The third kappa shape index (κ3) is 4.20. The number of rotatable bonds is 4. The highest BCUT2D eigenvalue weighted by Gasteiger charge is 2.49. The second kappa shape index (κ2) is 8.22. The number of pyridine rings is 1. The molecule has 1 saturated heterocycles.